The van der Waals surface area contributed by atoms with Crippen molar-refractivity contribution < 1.29 is 29.3 Å². The zero-order valence-electron chi connectivity index (χ0n) is 23.1. The van der Waals surface area contributed by atoms with E-state index in [0.29, 0.717) is 30.0 Å². The van der Waals surface area contributed by atoms with Crippen molar-refractivity contribution in [3.8, 4) is 0 Å². The Labute approximate surface area is 235 Å². The number of aliphatic hydroxyl groups excluding tert-OH is 2. The minimum Gasteiger partial charge on any atom is -0.456 e. The fraction of sp³-hybridized carbons (Fsp3) is 0.690. The molecule has 38 heavy (non-hydrogen) atoms. The van der Waals surface area contributed by atoms with Gasteiger partial charge in [-0.15, -0.1) is 17.9 Å². The van der Waals surface area contributed by atoms with Crippen LogP contribution in [-0.4, -0.2) is 57.0 Å². The van der Waals surface area contributed by atoms with Crippen molar-refractivity contribution in [2.45, 2.75) is 110 Å². The average molecular weight is 568 g/mol. The molecule has 7 nitrogen and oxygen atoms in total. The first-order valence-corrected chi connectivity index (χ1v) is 14.7. The molecule has 0 aliphatic carbocycles. The molecule has 2 N–H and O–H groups in total. The molecule has 212 valence electrons. The van der Waals surface area contributed by atoms with Gasteiger partial charge in [-0.25, -0.2) is 4.98 Å². The summed E-state index contributed by atoms with van der Waals surface area (Å²) in [4.78, 5) is 31.1. The van der Waals surface area contributed by atoms with E-state index in [1.165, 1.54) is 11.3 Å². The van der Waals surface area contributed by atoms with E-state index in [0.717, 1.165) is 24.3 Å². The van der Waals surface area contributed by atoms with Crippen LogP contribution in [0.15, 0.2) is 23.1 Å². The highest BCUT2D eigenvalue weighted by Crippen LogP contribution is 2.45. The van der Waals surface area contributed by atoms with Crippen LogP contribution in [0.1, 0.15) is 83.3 Å². The number of rotatable bonds is 5. The van der Waals surface area contributed by atoms with Gasteiger partial charge in [-0.3, -0.25) is 9.59 Å². The quantitative estimate of drug-likeness (QED) is 0.271. The molecule has 3 rings (SSSR count). The summed E-state index contributed by atoms with van der Waals surface area (Å²) in [6.07, 6.45) is 3.66. The molecule has 9 heteroatoms. The standard InChI is InChI=1S/C29H42ClNO6S/c1-7-8-11-20-26(34)17(2)10-9-12-29(6)24(37-29)14-22(21(30)13-19-16-38-18(3)31-19)36-25(33)15-23(32)28(4,5)27(20)35/h7,13,16-17,20,22-24,26,32,34H,1,8-12,14-15H2,2-6H3. The Morgan fingerprint density at radius 2 is 2.03 bits per heavy atom. The number of ketones is 1. The number of epoxide rings is 1. The average Bonchev–Trinajstić information content (AvgIpc) is 3.29. The number of thiazole rings is 1. The van der Waals surface area contributed by atoms with Crippen molar-refractivity contribution in [2.75, 3.05) is 0 Å². The smallest absolute Gasteiger partial charge is 0.309 e. The van der Waals surface area contributed by atoms with E-state index < -0.39 is 35.6 Å². The van der Waals surface area contributed by atoms with Gasteiger partial charge in [0.2, 0.25) is 0 Å². The third kappa shape index (κ3) is 7.54. The number of aromatic nitrogens is 1. The highest BCUT2D eigenvalue weighted by atomic mass is 35.5. The predicted molar refractivity (Wildman–Crippen MR) is 150 cm³/mol. The third-order valence-electron chi connectivity index (χ3n) is 8.14. The number of esters is 1. The lowest BCUT2D eigenvalue weighted by Gasteiger charge is -2.36. The number of carbonyl (C=O) groups is 2. The van der Waals surface area contributed by atoms with Crippen molar-refractivity contribution in [1.29, 1.82) is 0 Å². The minimum absolute atomic E-state index is 0.118. The van der Waals surface area contributed by atoms with E-state index in [1.54, 1.807) is 26.0 Å². The number of aryl methyl sites for hydroxylation is 1. The van der Waals surface area contributed by atoms with E-state index in [2.05, 4.69) is 11.6 Å². The van der Waals surface area contributed by atoms with Gasteiger partial charge < -0.3 is 19.7 Å². The second kappa shape index (κ2) is 12.7. The number of cyclic esters (lactones) is 1. The molecule has 0 bridgehead atoms. The molecular formula is C29H42ClNO6S. The summed E-state index contributed by atoms with van der Waals surface area (Å²) in [5.74, 6) is -1.72. The molecule has 7 atom stereocenters. The fourth-order valence-electron chi connectivity index (χ4n) is 5.26. The normalized spacial score (nSPS) is 35.3. The van der Waals surface area contributed by atoms with Gasteiger partial charge >= 0.3 is 5.97 Å². The second-order valence-electron chi connectivity index (χ2n) is 11.6. The van der Waals surface area contributed by atoms with Crippen molar-refractivity contribution in [1.82, 2.24) is 4.98 Å². The molecule has 2 saturated heterocycles. The SMILES string of the molecule is C=CCCC1C(=O)C(C)(C)C(O)CC(=O)OC(C(Cl)=Cc2csc(C)n2)CC2OC2(C)CCCC(C)C1O. The van der Waals surface area contributed by atoms with Crippen LogP contribution in [0.25, 0.3) is 6.08 Å². The number of hydrogen-bond donors (Lipinski definition) is 2. The maximum Gasteiger partial charge on any atom is 0.309 e. The largest absolute Gasteiger partial charge is 0.456 e. The highest BCUT2D eigenvalue weighted by Gasteiger charge is 2.53. The Balaban J connectivity index is 1.88. The first-order valence-electron chi connectivity index (χ1n) is 13.5. The summed E-state index contributed by atoms with van der Waals surface area (Å²) in [7, 11) is 0. The minimum atomic E-state index is -1.30. The molecule has 0 radical (unpaired) electrons. The summed E-state index contributed by atoms with van der Waals surface area (Å²) < 4.78 is 11.8. The number of fused-ring (bicyclic) bond motifs is 1. The summed E-state index contributed by atoms with van der Waals surface area (Å²) in [6, 6.07) is 0. The Bertz CT molecular complexity index is 1040. The summed E-state index contributed by atoms with van der Waals surface area (Å²) in [6.45, 7) is 12.9. The van der Waals surface area contributed by atoms with Gasteiger partial charge in [-0.1, -0.05) is 44.9 Å². The van der Waals surface area contributed by atoms with E-state index in [-0.39, 0.29) is 29.8 Å². The Kier molecular flexibility index (Phi) is 10.4. The topological polar surface area (TPSA) is 109 Å². The van der Waals surface area contributed by atoms with Crippen LogP contribution in [0.5, 0.6) is 0 Å². The lowest BCUT2D eigenvalue weighted by molar-refractivity contribution is -0.154. The van der Waals surface area contributed by atoms with Crippen LogP contribution in [0, 0.1) is 24.2 Å². The molecule has 0 amide bonds. The Morgan fingerprint density at radius 3 is 2.66 bits per heavy atom. The number of nitrogens with zero attached hydrogens (tertiary/aromatic N) is 1. The van der Waals surface area contributed by atoms with Crippen molar-refractivity contribution >= 4 is 40.8 Å². The van der Waals surface area contributed by atoms with E-state index in [4.69, 9.17) is 21.1 Å². The number of aliphatic hydroxyl groups is 2. The maximum absolute atomic E-state index is 13.7. The lowest BCUT2D eigenvalue weighted by atomic mass is 9.71. The maximum atomic E-state index is 13.7. The summed E-state index contributed by atoms with van der Waals surface area (Å²) in [5.41, 5.74) is -0.959. The molecular weight excluding hydrogens is 526 g/mol. The van der Waals surface area contributed by atoms with Gasteiger partial charge in [0.1, 0.15) is 11.9 Å². The van der Waals surface area contributed by atoms with E-state index in [9.17, 15) is 19.8 Å². The van der Waals surface area contributed by atoms with Crippen LogP contribution in [0.2, 0.25) is 0 Å². The molecule has 2 fully saturated rings. The van der Waals surface area contributed by atoms with Gasteiger partial charge in [-0.2, -0.15) is 0 Å². The number of allylic oxidation sites excluding steroid dienone is 1. The van der Waals surface area contributed by atoms with Crippen molar-refractivity contribution in [3.05, 3.63) is 33.8 Å². The van der Waals surface area contributed by atoms with Crippen LogP contribution >= 0.6 is 22.9 Å². The van der Waals surface area contributed by atoms with Gasteiger partial charge in [-0.05, 0) is 51.5 Å². The number of hydrogen-bond acceptors (Lipinski definition) is 8. The number of ether oxygens (including phenoxy) is 2. The van der Waals surface area contributed by atoms with E-state index in [1.807, 2.05) is 26.2 Å². The van der Waals surface area contributed by atoms with Crippen LogP contribution in [0.4, 0.5) is 0 Å². The van der Waals surface area contributed by atoms with Crippen LogP contribution in [-0.2, 0) is 19.1 Å². The zero-order chi connectivity index (χ0) is 28.3. The Hall–Kier alpha value is -1.58. The molecule has 0 aromatic carbocycles. The molecule has 0 saturated carbocycles. The van der Waals surface area contributed by atoms with Gasteiger partial charge in [0.25, 0.3) is 0 Å². The van der Waals surface area contributed by atoms with Gasteiger partial charge in [0, 0.05) is 17.7 Å². The van der Waals surface area contributed by atoms with E-state index >= 15 is 0 Å². The van der Waals surface area contributed by atoms with Crippen LogP contribution in [0.3, 0.4) is 0 Å². The molecule has 1 aromatic rings. The second-order valence-corrected chi connectivity index (χ2v) is 13.1. The van der Waals surface area contributed by atoms with Crippen LogP contribution < -0.4 is 0 Å². The lowest BCUT2D eigenvalue weighted by Crippen LogP contribution is -2.46. The molecule has 7 unspecified atom stereocenters. The van der Waals surface area contributed by atoms with Crippen molar-refractivity contribution in [3.63, 3.8) is 0 Å². The van der Waals surface area contributed by atoms with Crippen molar-refractivity contribution in [2.24, 2.45) is 17.3 Å². The predicted octanol–water partition coefficient (Wildman–Crippen LogP) is 5.60. The number of carbonyl (C=O) groups excluding carboxylic acids is 2. The molecule has 3 heterocycles. The molecule has 0 spiro atoms. The molecule has 2 aliphatic rings. The number of Topliss-reactive ketones (excluding diaryl/α,β-unsaturated/α-hetero) is 1. The first kappa shape index (κ1) is 31.0. The van der Waals surface area contributed by atoms with Gasteiger partial charge in [0.05, 0.1) is 51.5 Å². The molecule has 1 aromatic heterocycles. The Morgan fingerprint density at radius 1 is 1.32 bits per heavy atom. The van der Waals surface area contributed by atoms with Gasteiger partial charge in [0.15, 0.2) is 0 Å². The zero-order valence-corrected chi connectivity index (χ0v) is 24.7. The summed E-state index contributed by atoms with van der Waals surface area (Å²) in [5, 5.41) is 25.3. The monoisotopic (exact) mass is 567 g/mol. The third-order valence-corrected chi connectivity index (χ3v) is 9.29. The number of halogens is 1. The fourth-order valence-corrected chi connectivity index (χ4v) is 6.07. The first-order chi connectivity index (χ1) is 17.8. The molecule has 2 aliphatic heterocycles. The summed E-state index contributed by atoms with van der Waals surface area (Å²) >= 11 is 8.15. The highest BCUT2D eigenvalue weighted by molar-refractivity contribution is 7.09.